The number of azide groups is 1. The Balaban J connectivity index is 2.81. The van der Waals surface area contributed by atoms with Gasteiger partial charge < -0.3 is 0 Å². The Morgan fingerprint density at radius 2 is 2.00 bits per heavy atom. The SMILES string of the molecule is CC(C)(Cc1ccccc1)C(=O)N=[N+]=[N-]. The van der Waals surface area contributed by atoms with Crippen molar-refractivity contribution in [2.45, 2.75) is 20.3 Å². The quantitative estimate of drug-likeness (QED) is 0.423. The summed E-state index contributed by atoms with van der Waals surface area (Å²) in [5.41, 5.74) is 8.62. The molecule has 0 bridgehead atoms. The molecule has 0 fully saturated rings. The fourth-order valence-electron chi connectivity index (χ4n) is 1.36. The lowest BCUT2D eigenvalue weighted by molar-refractivity contribution is -0.125. The Labute approximate surface area is 88.6 Å². The number of carbonyl (C=O) groups is 1. The molecule has 0 unspecified atom stereocenters. The Morgan fingerprint density at radius 1 is 1.40 bits per heavy atom. The molecule has 0 saturated carbocycles. The number of hydrogen-bond donors (Lipinski definition) is 0. The number of benzene rings is 1. The van der Waals surface area contributed by atoms with Crippen LogP contribution in [0.15, 0.2) is 35.4 Å². The minimum Gasteiger partial charge on any atom is -0.292 e. The molecule has 0 saturated heterocycles. The summed E-state index contributed by atoms with van der Waals surface area (Å²) in [5.74, 6) is -0.422. The van der Waals surface area contributed by atoms with E-state index in [9.17, 15) is 4.79 Å². The second-order valence-electron chi connectivity index (χ2n) is 4.04. The van der Waals surface area contributed by atoms with Crippen LogP contribution in [0.3, 0.4) is 0 Å². The van der Waals surface area contributed by atoms with E-state index in [0.717, 1.165) is 5.56 Å². The predicted octanol–water partition coefficient (Wildman–Crippen LogP) is 3.09. The third-order valence-corrected chi connectivity index (χ3v) is 2.20. The Hall–Kier alpha value is -1.80. The zero-order valence-corrected chi connectivity index (χ0v) is 8.84. The molecule has 0 spiro atoms. The lowest BCUT2D eigenvalue weighted by Crippen LogP contribution is -2.24. The van der Waals surface area contributed by atoms with Gasteiger partial charge >= 0.3 is 0 Å². The standard InChI is InChI=1S/C11H13N3O/c1-11(2,10(15)13-14-12)8-9-6-4-3-5-7-9/h3-7H,8H2,1-2H3. The molecule has 15 heavy (non-hydrogen) atoms. The highest BCUT2D eigenvalue weighted by atomic mass is 16.2. The lowest BCUT2D eigenvalue weighted by Gasteiger charge is -2.20. The van der Waals surface area contributed by atoms with E-state index in [2.05, 4.69) is 10.0 Å². The number of carbonyl (C=O) groups excluding carboxylic acids is 1. The van der Waals surface area contributed by atoms with Gasteiger partial charge in [0.15, 0.2) is 0 Å². The van der Waals surface area contributed by atoms with Crippen molar-refractivity contribution in [2.75, 3.05) is 0 Å². The average Bonchev–Trinajstić information content (AvgIpc) is 2.19. The maximum absolute atomic E-state index is 11.4. The molecular formula is C11H13N3O. The van der Waals surface area contributed by atoms with Crippen molar-refractivity contribution in [3.05, 3.63) is 46.3 Å². The summed E-state index contributed by atoms with van der Waals surface area (Å²) in [6.45, 7) is 3.55. The summed E-state index contributed by atoms with van der Waals surface area (Å²) in [6.07, 6.45) is 0.575. The highest BCUT2D eigenvalue weighted by Gasteiger charge is 2.26. The first-order valence-corrected chi connectivity index (χ1v) is 4.70. The van der Waals surface area contributed by atoms with Gasteiger partial charge in [0, 0.05) is 10.3 Å². The van der Waals surface area contributed by atoms with Gasteiger partial charge in [-0.2, -0.15) is 0 Å². The van der Waals surface area contributed by atoms with Gasteiger partial charge in [0.2, 0.25) is 5.91 Å². The van der Waals surface area contributed by atoms with Crippen LogP contribution in [0.5, 0.6) is 0 Å². The Morgan fingerprint density at radius 3 is 2.53 bits per heavy atom. The topological polar surface area (TPSA) is 65.8 Å². The molecule has 0 aliphatic carbocycles. The molecular weight excluding hydrogens is 190 g/mol. The monoisotopic (exact) mass is 203 g/mol. The van der Waals surface area contributed by atoms with Gasteiger partial charge in [-0.3, -0.25) is 4.79 Å². The van der Waals surface area contributed by atoms with E-state index < -0.39 is 11.3 Å². The van der Waals surface area contributed by atoms with Crippen molar-refractivity contribution >= 4 is 5.91 Å². The Kier molecular flexibility index (Phi) is 3.47. The highest BCUT2D eigenvalue weighted by molar-refractivity contribution is 5.82. The van der Waals surface area contributed by atoms with Crippen LogP contribution in [-0.2, 0) is 11.2 Å². The van der Waals surface area contributed by atoms with Crippen LogP contribution in [0.4, 0.5) is 0 Å². The third kappa shape index (κ3) is 3.11. The molecule has 0 atom stereocenters. The lowest BCUT2D eigenvalue weighted by atomic mass is 9.85. The Bertz CT molecular complexity index is 392. The molecule has 1 rings (SSSR count). The van der Waals surface area contributed by atoms with Gasteiger partial charge in [0.25, 0.3) is 0 Å². The molecule has 0 N–H and O–H groups in total. The molecule has 0 heterocycles. The number of rotatable bonds is 3. The van der Waals surface area contributed by atoms with E-state index in [-0.39, 0.29) is 0 Å². The van der Waals surface area contributed by atoms with Crippen LogP contribution in [0, 0.1) is 5.41 Å². The summed E-state index contributed by atoms with van der Waals surface area (Å²) >= 11 is 0. The van der Waals surface area contributed by atoms with Gasteiger partial charge in [-0.25, -0.2) is 0 Å². The molecule has 4 heteroatoms. The van der Waals surface area contributed by atoms with E-state index in [1.54, 1.807) is 13.8 Å². The van der Waals surface area contributed by atoms with Gasteiger partial charge in [0.05, 0.1) is 0 Å². The minimum atomic E-state index is -0.645. The fraction of sp³-hybridized carbons (Fsp3) is 0.364. The van der Waals surface area contributed by atoms with Crippen molar-refractivity contribution in [1.82, 2.24) is 0 Å². The summed E-state index contributed by atoms with van der Waals surface area (Å²) < 4.78 is 0. The smallest absolute Gasteiger partial charge is 0.224 e. The summed E-state index contributed by atoms with van der Waals surface area (Å²) in [5, 5.41) is 3.13. The van der Waals surface area contributed by atoms with Crippen LogP contribution < -0.4 is 0 Å². The van der Waals surface area contributed by atoms with Gasteiger partial charge in [-0.05, 0) is 22.6 Å². The van der Waals surface area contributed by atoms with E-state index in [0.29, 0.717) is 6.42 Å². The fourth-order valence-corrected chi connectivity index (χ4v) is 1.36. The number of nitrogens with zero attached hydrogens (tertiary/aromatic N) is 3. The van der Waals surface area contributed by atoms with Crippen LogP contribution in [0.2, 0.25) is 0 Å². The largest absolute Gasteiger partial charge is 0.292 e. The first kappa shape index (κ1) is 11.3. The third-order valence-electron chi connectivity index (χ3n) is 2.20. The van der Waals surface area contributed by atoms with Gasteiger partial charge in [-0.15, -0.1) is 0 Å². The van der Waals surface area contributed by atoms with Crippen molar-refractivity contribution in [3.8, 4) is 0 Å². The second kappa shape index (κ2) is 4.62. The molecule has 0 radical (unpaired) electrons. The van der Waals surface area contributed by atoms with E-state index in [1.165, 1.54) is 0 Å². The predicted molar refractivity (Wildman–Crippen MR) is 58.1 cm³/mol. The molecule has 78 valence electrons. The van der Waals surface area contributed by atoms with Crippen molar-refractivity contribution in [3.63, 3.8) is 0 Å². The molecule has 0 aromatic heterocycles. The maximum atomic E-state index is 11.4. The number of hydrogen-bond acceptors (Lipinski definition) is 1. The van der Waals surface area contributed by atoms with Crippen molar-refractivity contribution in [1.29, 1.82) is 0 Å². The van der Waals surface area contributed by atoms with E-state index in [4.69, 9.17) is 5.53 Å². The van der Waals surface area contributed by atoms with Crippen molar-refractivity contribution < 1.29 is 4.79 Å². The normalized spacial score (nSPS) is 10.5. The average molecular weight is 203 g/mol. The van der Waals surface area contributed by atoms with Gasteiger partial charge in [0.1, 0.15) is 0 Å². The van der Waals surface area contributed by atoms with Crippen LogP contribution >= 0.6 is 0 Å². The van der Waals surface area contributed by atoms with Crippen LogP contribution in [-0.4, -0.2) is 5.91 Å². The summed E-state index contributed by atoms with van der Waals surface area (Å²) in [6, 6.07) is 9.66. The molecule has 4 nitrogen and oxygen atoms in total. The maximum Gasteiger partial charge on any atom is 0.224 e. The summed E-state index contributed by atoms with van der Waals surface area (Å²) in [7, 11) is 0. The first-order valence-electron chi connectivity index (χ1n) is 4.70. The van der Waals surface area contributed by atoms with Crippen LogP contribution in [0.25, 0.3) is 10.4 Å². The summed E-state index contributed by atoms with van der Waals surface area (Å²) in [4.78, 5) is 14.0. The minimum absolute atomic E-state index is 0.422. The zero-order chi connectivity index (χ0) is 11.3. The molecule has 1 amide bonds. The van der Waals surface area contributed by atoms with Gasteiger partial charge in [-0.1, -0.05) is 44.2 Å². The molecule has 1 aromatic carbocycles. The molecule has 0 aliphatic rings. The highest BCUT2D eigenvalue weighted by Crippen LogP contribution is 2.23. The van der Waals surface area contributed by atoms with E-state index >= 15 is 0 Å². The molecule has 0 aliphatic heterocycles. The zero-order valence-electron chi connectivity index (χ0n) is 8.84. The van der Waals surface area contributed by atoms with Crippen LogP contribution in [0.1, 0.15) is 19.4 Å². The second-order valence-corrected chi connectivity index (χ2v) is 4.04. The molecule has 1 aromatic rings. The first-order chi connectivity index (χ1) is 7.06. The van der Waals surface area contributed by atoms with E-state index in [1.807, 2.05) is 30.3 Å². The van der Waals surface area contributed by atoms with Crippen molar-refractivity contribution in [2.24, 2.45) is 10.5 Å². The number of amides is 1.